The molecular formula is C18H22N4O5. The van der Waals surface area contributed by atoms with Gasteiger partial charge in [0, 0.05) is 7.05 Å². The van der Waals surface area contributed by atoms with E-state index in [9.17, 15) is 24.8 Å². The number of aliphatic carboxylic acids is 1. The summed E-state index contributed by atoms with van der Waals surface area (Å²) in [6.07, 6.45) is 0.764. The summed E-state index contributed by atoms with van der Waals surface area (Å²) >= 11 is 0. The number of aromatic nitrogens is 2. The summed E-state index contributed by atoms with van der Waals surface area (Å²) in [5.41, 5.74) is 0.791. The quantitative estimate of drug-likeness (QED) is 0.591. The van der Waals surface area contributed by atoms with Gasteiger partial charge in [0.15, 0.2) is 0 Å². The van der Waals surface area contributed by atoms with E-state index in [4.69, 9.17) is 0 Å². The van der Waals surface area contributed by atoms with Crippen LogP contribution in [0.2, 0.25) is 0 Å². The van der Waals surface area contributed by atoms with Crippen molar-refractivity contribution in [3.8, 4) is 0 Å². The number of nitrogens with zero attached hydrogens (tertiary/aromatic N) is 3. The van der Waals surface area contributed by atoms with Crippen molar-refractivity contribution in [2.24, 2.45) is 7.05 Å². The number of nitrogens with one attached hydrogen (secondary N) is 1. The minimum atomic E-state index is -1.10. The van der Waals surface area contributed by atoms with Crippen LogP contribution < -0.4 is 5.32 Å². The largest absolute Gasteiger partial charge is 0.481 e. The minimum Gasteiger partial charge on any atom is -0.481 e. The number of aryl methyl sites for hydroxylation is 1. The van der Waals surface area contributed by atoms with Crippen molar-refractivity contribution in [3.63, 3.8) is 0 Å². The van der Waals surface area contributed by atoms with Gasteiger partial charge in [-0.25, -0.2) is 0 Å². The second kappa shape index (κ2) is 7.56. The molecule has 27 heavy (non-hydrogen) atoms. The van der Waals surface area contributed by atoms with Gasteiger partial charge in [-0.05, 0) is 16.5 Å². The van der Waals surface area contributed by atoms with E-state index in [0.717, 1.165) is 16.4 Å². The molecule has 0 saturated heterocycles. The third-order valence-electron chi connectivity index (χ3n) is 4.08. The van der Waals surface area contributed by atoms with Crippen LogP contribution in [-0.2, 0) is 17.3 Å². The zero-order chi connectivity index (χ0) is 20.4. The standard InChI is InChI=1S/C18H22N4O5/c1-18(2,3)12-7-5-11(6-8-12)13(9-15(23)24)19-17(25)16-14(22(26)27)10-21(4)20-16/h5-8,10,13H,9H2,1-4H3,(H,19,25)(H,23,24). The van der Waals surface area contributed by atoms with Gasteiger partial charge in [-0.2, -0.15) is 5.10 Å². The maximum Gasteiger partial charge on any atom is 0.320 e. The van der Waals surface area contributed by atoms with Crippen LogP contribution in [0.15, 0.2) is 30.5 Å². The molecule has 0 aliphatic carbocycles. The molecule has 1 unspecified atom stereocenters. The number of amides is 1. The lowest BCUT2D eigenvalue weighted by Gasteiger charge is -2.21. The first-order valence-corrected chi connectivity index (χ1v) is 8.30. The Morgan fingerprint density at radius 2 is 1.89 bits per heavy atom. The second-order valence-corrected chi connectivity index (χ2v) is 7.29. The fourth-order valence-corrected chi connectivity index (χ4v) is 2.64. The molecule has 1 atom stereocenters. The van der Waals surface area contributed by atoms with Crippen LogP contribution in [-0.4, -0.2) is 31.7 Å². The molecule has 0 bridgehead atoms. The summed E-state index contributed by atoms with van der Waals surface area (Å²) in [7, 11) is 1.46. The van der Waals surface area contributed by atoms with Crippen molar-refractivity contribution in [3.05, 3.63) is 57.4 Å². The first-order chi connectivity index (χ1) is 12.5. The molecule has 9 heteroatoms. The molecule has 1 aromatic heterocycles. The maximum absolute atomic E-state index is 12.5. The molecule has 1 aromatic carbocycles. The van der Waals surface area contributed by atoms with Crippen molar-refractivity contribution < 1.29 is 19.6 Å². The van der Waals surface area contributed by atoms with Gasteiger partial charge in [0.1, 0.15) is 6.20 Å². The summed E-state index contributed by atoms with van der Waals surface area (Å²) in [6, 6.07) is 6.41. The van der Waals surface area contributed by atoms with Crippen molar-refractivity contribution >= 4 is 17.6 Å². The van der Waals surface area contributed by atoms with Gasteiger partial charge in [-0.1, -0.05) is 45.0 Å². The van der Waals surface area contributed by atoms with Gasteiger partial charge in [0.25, 0.3) is 5.91 Å². The summed E-state index contributed by atoms with van der Waals surface area (Å²) in [6.45, 7) is 6.16. The summed E-state index contributed by atoms with van der Waals surface area (Å²) in [5, 5.41) is 26.6. The number of hydrogen-bond acceptors (Lipinski definition) is 5. The lowest BCUT2D eigenvalue weighted by atomic mass is 9.86. The Bertz CT molecular complexity index is 865. The van der Waals surface area contributed by atoms with Crippen molar-refractivity contribution in [2.45, 2.75) is 38.6 Å². The average Bonchev–Trinajstić information content (AvgIpc) is 2.95. The predicted molar refractivity (Wildman–Crippen MR) is 97.5 cm³/mol. The molecule has 9 nitrogen and oxygen atoms in total. The van der Waals surface area contributed by atoms with Crippen molar-refractivity contribution in [2.75, 3.05) is 0 Å². The van der Waals surface area contributed by atoms with Gasteiger partial charge in [-0.15, -0.1) is 0 Å². The number of carbonyl (C=O) groups excluding carboxylic acids is 1. The Balaban J connectivity index is 2.31. The molecule has 1 heterocycles. The second-order valence-electron chi connectivity index (χ2n) is 7.29. The highest BCUT2D eigenvalue weighted by molar-refractivity contribution is 5.96. The molecule has 144 valence electrons. The molecule has 0 radical (unpaired) electrons. The fourth-order valence-electron chi connectivity index (χ4n) is 2.64. The topological polar surface area (TPSA) is 127 Å². The molecule has 2 aromatic rings. The highest BCUT2D eigenvalue weighted by Crippen LogP contribution is 2.26. The number of carboxylic acids is 1. The van der Waals surface area contributed by atoms with E-state index < -0.39 is 28.5 Å². The predicted octanol–water partition coefficient (Wildman–Crippen LogP) is 2.57. The normalized spacial score (nSPS) is 12.4. The van der Waals surface area contributed by atoms with Crippen LogP contribution >= 0.6 is 0 Å². The van der Waals surface area contributed by atoms with Gasteiger partial charge in [0.05, 0.1) is 17.4 Å². The molecular weight excluding hydrogens is 352 g/mol. The van der Waals surface area contributed by atoms with Gasteiger partial charge >= 0.3 is 11.7 Å². The number of carboxylic acid groups (broad SMARTS) is 1. The lowest BCUT2D eigenvalue weighted by Crippen LogP contribution is -2.31. The highest BCUT2D eigenvalue weighted by atomic mass is 16.6. The fraction of sp³-hybridized carbons (Fsp3) is 0.389. The molecule has 0 spiro atoms. The molecule has 1 amide bonds. The average molecular weight is 374 g/mol. The lowest BCUT2D eigenvalue weighted by molar-refractivity contribution is -0.385. The molecule has 2 N–H and O–H groups in total. The van der Waals surface area contributed by atoms with Crippen molar-refractivity contribution in [1.29, 1.82) is 0 Å². The monoisotopic (exact) mass is 374 g/mol. The van der Waals surface area contributed by atoms with E-state index in [1.165, 1.54) is 7.05 Å². The molecule has 0 aliphatic heterocycles. The Kier molecular flexibility index (Phi) is 5.63. The highest BCUT2D eigenvalue weighted by Gasteiger charge is 2.28. The van der Waals surface area contributed by atoms with Gasteiger partial charge in [0.2, 0.25) is 5.69 Å². The van der Waals surface area contributed by atoms with Crippen molar-refractivity contribution in [1.82, 2.24) is 15.1 Å². The van der Waals surface area contributed by atoms with Crippen LogP contribution in [0.4, 0.5) is 5.69 Å². The maximum atomic E-state index is 12.5. The van der Waals surface area contributed by atoms with Gasteiger partial charge in [-0.3, -0.25) is 24.4 Å². The summed E-state index contributed by atoms with van der Waals surface area (Å²) in [4.78, 5) is 34.1. The van der Waals surface area contributed by atoms with E-state index >= 15 is 0 Å². The van der Waals surface area contributed by atoms with Crippen LogP contribution in [0.5, 0.6) is 0 Å². The van der Waals surface area contributed by atoms with E-state index in [2.05, 4.69) is 31.2 Å². The van der Waals surface area contributed by atoms with Crippen LogP contribution in [0, 0.1) is 10.1 Å². The third-order valence-corrected chi connectivity index (χ3v) is 4.08. The Labute approximate surface area is 156 Å². The minimum absolute atomic E-state index is 0.0708. The van der Waals surface area contributed by atoms with Crippen LogP contribution in [0.3, 0.4) is 0 Å². The van der Waals surface area contributed by atoms with E-state index in [1.54, 1.807) is 12.1 Å². The molecule has 0 saturated carbocycles. The zero-order valence-corrected chi connectivity index (χ0v) is 15.6. The zero-order valence-electron chi connectivity index (χ0n) is 15.6. The summed E-state index contributed by atoms with van der Waals surface area (Å²) < 4.78 is 1.16. The first kappa shape index (κ1) is 20.1. The molecule has 2 rings (SSSR count). The van der Waals surface area contributed by atoms with E-state index in [0.29, 0.717) is 5.56 Å². The Hall–Kier alpha value is -3.23. The van der Waals surface area contributed by atoms with Crippen LogP contribution in [0.1, 0.15) is 54.8 Å². The first-order valence-electron chi connectivity index (χ1n) is 8.30. The van der Waals surface area contributed by atoms with E-state index in [-0.39, 0.29) is 17.5 Å². The third kappa shape index (κ3) is 4.90. The molecule has 0 aliphatic rings. The number of hydrogen-bond donors (Lipinski definition) is 2. The SMILES string of the molecule is Cn1cc([N+](=O)[O-])c(C(=O)NC(CC(=O)O)c2ccc(C(C)(C)C)cc2)n1. The van der Waals surface area contributed by atoms with Gasteiger partial charge < -0.3 is 10.4 Å². The summed E-state index contributed by atoms with van der Waals surface area (Å²) in [5.74, 6) is -1.90. The molecule has 0 fully saturated rings. The van der Waals surface area contributed by atoms with Crippen LogP contribution in [0.25, 0.3) is 0 Å². The number of carbonyl (C=O) groups is 2. The Morgan fingerprint density at radius 1 is 1.30 bits per heavy atom. The Morgan fingerprint density at radius 3 is 2.37 bits per heavy atom. The number of nitro groups is 1. The van der Waals surface area contributed by atoms with E-state index in [1.807, 2.05) is 12.1 Å². The number of benzene rings is 1. The smallest absolute Gasteiger partial charge is 0.320 e. The number of rotatable bonds is 6.